The molecule has 0 radical (unpaired) electrons. The topological polar surface area (TPSA) is 43.8 Å². The highest BCUT2D eigenvalue weighted by Crippen LogP contribution is 2.35. The van der Waals surface area contributed by atoms with Crippen molar-refractivity contribution in [1.29, 1.82) is 0 Å². The van der Waals surface area contributed by atoms with Crippen molar-refractivity contribution in [3.05, 3.63) is 37.2 Å². The van der Waals surface area contributed by atoms with E-state index in [1.165, 1.54) is 0 Å². The van der Waals surface area contributed by atoms with Crippen molar-refractivity contribution >= 4 is 43.2 Å². The molecule has 2 aromatic rings. The second-order valence-electron chi connectivity index (χ2n) is 4.85. The summed E-state index contributed by atoms with van der Waals surface area (Å²) in [4.78, 5) is 0. The molecule has 0 bridgehead atoms. The van der Waals surface area contributed by atoms with Crippen LogP contribution in [0.1, 0.15) is 50.0 Å². The van der Waals surface area contributed by atoms with Crippen LogP contribution in [0.3, 0.4) is 0 Å². The van der Waals surface area contributed by atoms with Crippen LogP contribution in [0, 0.1) is 0 Å². The van der Waals surface area contributed by atoms with Crippen LogP contribution in [-0.4, -0.2) is 9.78 Å². The summed E-state index contributed by atoms with van der Waals surface area (Å²) in [6.45, 7) is 4.39. The Kier molecular flexibility index (Phi) is 5.84. The summed E-state index contributed by atoms with van der Waals surface area (Å²) < 4.78 is 4.26. The Morgan fingerprint density at radius 1 is 1.35 bits per heavy atom. The number of rotatable bonds is 6. The lowest BCUT2D eigenvalue weighted by molar-refractivity contribution is 0.424. The third-order valence-electron chi connectivity index (χ3n) is 3.49. The van der Waals surface area contributed by atoms with Crippen LogP contribution in [0.4, 0.5) is 0 Å². The van der Waals surface area contributed by atoms with Gasteiger partial charge in [-0.15, -0.1) is 11.3 Å². The molecule has 0 aliphatic carbocycles. The van der Waals surface area contributed by atoms with E-state index in [9.17, 15) is 0 Å². The van der Waals surface area contributed by atoms with Gasteiger partial charge in [0.25, 0.3) is 0 Å². The van der Waals surface area contributed by atoms with Crippen molar-refractivity contribution in [1.82, 2.24) is 9.78 Å². The lowest BCUT2D eigenvalue weighted by Gasteiger charge is -2.13. The highest BCUT2D eigenvalue weighted by atomic mass is 79.9. The number of thiophene rings is 1. The fourth-order valence-electron chi connectivity index (χ4n) is 2.29. The maximum Gasteiger partial charge on any atom is 0.0758 e. The zero-order valence-corrected chi connectivity index (χ0v) is 15.6. The average molecular weight is 421 g/mol. The highest BCUT2D eigenvalue weighted by Gasteiger charge is 2.16. The minimum atomic E-state index is -0.0306. The molecule has 2 aromatic heterocycles. The number of hydrogen-bond acceptors (Lipinski definition) is 3. The summed E-state index contributed by atoms with van der Waals surface area (Å²) in [6.07, 6.45) is 5.03. The van der Waals surface area contributed by atoms with Crippen LogP contribution < -0.4 is 5.73 Å². The second kappa shape index (κ2) is 7.20. The molecule has 20 heavy (non-hydrogen) atoms. The molecule has 2 heterocycles. The molecule has 110 valence electrons. The molecule has 0 saturated carbocycles. The molecule has 0 fully saturated rings. The zero-order valence-electron chi connectivity index (χ0n) is 11.6. The summed E-state index contributed by atoms with van der Waals surface area (Å²) in [6, 6.07) is 4.61. The van der Waals surface area contributed by atoms with E-state index in [1.807, 2.05) is 0 Å². The first kappa shape index (κ1) is 16.2. The number of halogens is 2. The Balaban J connectivity index is 2.08. The van der Waals surface area contributed by atoms with Gasteiger partial charge in [0.2, 0.25) is 0 Å². The highest BCUT2D eigenvalue weighted by molar-refractivity contribution is 9.12. The lowest BCUT2D eigenvalue weighted by atomic mass is 10.1. The smallest absolute Gasteiger partial charge is 0.0758 e. The summed E-state index contributed by atoms with van der Waals surface area (Å²) in [5.41, 5.74) is 8.49. The molecule has 0 amide bonds. The first-order valence-corrected chi connectivity index (χ1v) is 9.19. The Labute approximate surface area is 140 Å². The van der Waals surface area contributed by atoms with Gasteiger partial charge in [-0.25, -0.2) is 0 Å². The number of aromatic nitrogens is 2. The third kappa shape index (κ3) is 3.72. The minimum Gasteiger partial charge on any atom is -0.324 e. The maximum absolute atomic E-state index is 6.30. The number of nitrogens with zero attached hydrogens (tertiary/aromatic N) is 2. The van der Waals surface area contributed by atoms with Gasteiger partial charge in [0.1, 0.15) is 0 Å². The first-order valence-electron chi connectivity index (χ1n) is 6.79. The van der Waals surface area contributed by atoms with E-state index in [1.54, 1.807) is 11.3 Å². The van der Waals surface area contributed by atoms with Crippen LogP contribution in [0.15, 0.2) is 25.9 Å². The van der Waals surface area contributed by atoms with Crippen molar-refractivity contribution in [2.45, 2.75) is 45.2 Å². The van der Waals surface area contributed by atoms with Crippen LogP contribution >= 0.6 is 43.2 Å². The van der Waals surface area contributed by atoms with Gasteiger partial charge in [0, 0.05) is 18.7 Å². The largest absolute Gasteiger partial charge is 0.324 e. The quantitative estimate of drug-likeness (QED) is 0.708. The van der Waals surface area contributed by atoms with E-state index in [-0.39, 0.29) is 6.04 Å². The van der Waals surface area contributed by atoms with E-state index < -0.39 is 0 Å². The molecular weight excluding hydrogens is 402 g/mol. The Morgan fingerprint density at radius 2 is 2.05 bits per heavy atom. The maximum atomic E-state index is 6.30. The van der Waals surface area contributed by atoms with Gasteiger partial charge in [-0.1, -0.05) is 13.8 Å². The lowest BCUT2D eigenvalue weighted by Crippen LogP contribution is -2.14. The standard InChI is InChI=1S/C14H19Br2N3S/c1-3-10(4-2)19-6-5-9(18-19)7-12(17)11-8-13(15)20-14(11)16/h5-6,8,10,12H,3-4,7,17H2,1-2H3. The molecular formula is C14H19Br2N3S. The van der Waals surface area contributed by atoms with E-state index in [4.69, 9.17) is 5.73 Å². The first-order chi connectivity index (χ1) is 9.55. The molecule has 0 aliphatic heterocycles. The Morgan fingerprint density at radius 3 is 2.60 bits per heavy atom. The molecule has 0 spiro atoms. The summed E-state index contributed by atoms with van der Waals surface area (Å²) >= 11 is 8.71. The Bertz CT molecular complexity index is 561. The van der Waals surface area contributed by atoms with Crippen LogP contribution in [0.25, 0.3) is 0 Å². The minimum absolute atomic E-state index is 0.0306. The van der Waals surface area contributed by atoms with Gasteiger partial charge in [0.05, 0.1) is 19.3 Å². The molecule has 0 aromatic carbocycles. The van der Waals surface area contributed by atoms with Crippen molar-refractivity contribution in [3.63, 3.8) is 0 Å². The van der Waals surface area contributed by atoms with Crippen molar-refractivity contribution in [3.8, 4) is 0 Å². The predicted molar refractivity (Wildman–Crippen MR) is 92.2 cm³/mol. The van der Waals surface area contributed by atoms with Gasteiger partial charge in [0.15, 0.2) is 0 Å². The Hall–Kier alpha value is -0.170. The van der Waals surface area contributed by atoms with Gasteiger partial charge >= 0.3 is 0 Å². The zero-order chi connectivity index (χ0) is 14.7. The molecule has 3 nitrogen and oxygen atoms in total. The fourth-order valence-corrected chi connectivity index (χ4v) is 5.29. The predicted octanol–water partition coefficient (Wildman–Crippen LogP) is 5.07. The molecule has 0 aliphatic rings. The molecule has 1 atom stereocenters. The van der Waals surface area contributed by atoms with E-state index in [2.05, 4.69) is 73.8 Å². The normalized spacial score (nSPS) is 13.1. The van der Waals surface area contributed by atoms with Crippen LogP contribution in [0.5, 0.6) is 0 Å². The van der Waals surface area contributed by atoms with E-state index in [0.29, 0.717) is 6.04 Å². The average Bonchev–Trinajstić information content (AvgIpc) is 2.98. The number of hydrogen-bond donors (Lipinski definition) is 1. The van der Waals surface area contributed by atoms with Crippen molar-refractivity contribution < 1.29 is 0 Å². The molecule has 2 N–H and O–H groups in total. The number of nitrogens with two attached hydrogens (primary N) is 1. The van der Waals surface area contributed by atoms with Gasteiger partial charge in [-0.3, -0.25) is 4.68 Å². The SMILES string of the molecule is CCC(CC)n1ccc(CC(N)c2cc(Br)sc2Br)n1. The van der Waals surface area contributed by atoms with Crippen LogP contribution in [0.2, 0.25) is 0 Å². The van der Waals surface area contributed by atoms with Gasteiger partial charge in [-0.2, -0.15) is 5.10 Å². The summed E-state index contributed by atoms with van der Waals surface area (Å²) in [5.74, 6) is 0. The van der Waals surface area contributed by atoms with Crippen molar-refractivity contribution in [2.75, 3.05) is 0 Å². The van der Waals surface area contributed by atoms with Gasteiger partial charge < -0.3 is 5.73 Å². The van der Waals surface area contributed by atoms with E-state index >= 15 is 0 Å². The molecule has 6 heteroatoms. The fraction of sp³-hybridized carbons (Fsp3) is 0.500. The molecule has 2 rings (SSSR count). The van der Waals surface area contributed by atoms with Crippen molar-refractivity contribution in [2.24, 2.45) is 5.73 Å². The summed E-state index contributed by atoms with van der Waals surface area (Å²) in [5, 5.41) is 4.67. The summed E-state index contributed by atoms with van der Waals surface area (Å²) in [7, 11) is 0. The monoisotopic (exact) mass is 419 g/mol. The second-order valence-corrected chi connectivity index (χ2v) is 8.60. The third-order valence-corrected chi connectivity index (χ3v) is 5.88. The molecule has 0 saturated heterocycles. The van der Waals surface area contributed by atoms with Gasteiger partial charge in [-0.05, 0) is 62.4 Å². The van der Waals surface area contributed by atoms with Crippen LogP contribution in [-0.2, 0) is 6.42 Å². The van der Waals surface area contributed by atoms with E-state index in [0.717, 1.165) is 38.1 Å². The molecule has 1 unspecified atom stereocenters.